The quantitative estimate of drug-likeness (QED) is 0.625. The Morgan fingerprint density at radius 1 is 0.696 bits per heavy atom. The Hall–Kier alpha value is -0.560. The van der Waals surface area contributed by atoms with Crippen molar-refractivity contribution in [2.75, 3.05) is 0 Å². The smallest absolute Gasteiger partial charge is 0.00392 e. The van der Waals surface area contributed by atoms with Crippen LogP contribution in [0.25, 0.3) is 0 Å². The molecule has 3 saturated carbocycles. The molecule has 4 unspecified atom stereocenters. The van der Waals surface area contributed by atoms with Crippen LogP contribution in [0, 0.1) is 29.6 Å². The van der Waals surface area contributed by atoms with Gasteiger partial charge in [-0.25, -0.2) is 0 Å². The topological polar surface area (TPSA) is 26.0 Å². The molecule has 4 aliphatic rings. The lowest BCUT2D eigenvalue weighted by Gasteiger charge is -2.38. The highest BCUT2D eigenvalue weighted by molar-refractivity contribution is 5.23. The molecule has 1 heteroatoms. The molecule has 4 atom stereocenters. The second kappa shape index (κ2) is 7.13. The third-order valence-electron chi connectivity index (χ3n) is 7.35. The summed E-state index contributed by atoms with van der Waals surface area (Å²) >= 11 is 0. The van der Waals surface area contributed by atoms with E-state index in [-0.39, 0.29) is 0 Å². The molecule has 0 aliphatic heterocycles. The van der Waals surface area contributed by atoms with E-state index in [2.05, 4.69) is 18.2 Å². The Bertz CT molecular complexity index is 427. The van der Waals surface area contributed by atoms with Crippen LogP contribution in [0.15, 0.2) is 23.8 Å². The van der Waals surface area contributed by atoms with Gasteiger partial charge in [0.2, 0.25) is 0 Å². The molecule has 0 aromatic heterocycles. The van der Waals surface area contributed by atoms with Gasteiger partial charge in [-0.2, -0.15) is 0 Å². The summed E-state index contributed by atoms with van der Waals surface area (Å²) in [6.45, 7) is 0. The summed E-state index contributed by atoms with van der Waals surface area (Å²) in [5.41, 5.74) is 8.04. The van der Waals surface area contributed by atoms with Crippen LogP contribution in [0.1, 0.15) is 77.0 Å². The Morgan fingerprint density at radius 2 is 1.22 bits per heavy atom. The predicted molar refractivity (Wildman–Crippen MR) is 98.1 cm³/mol. The van der Waals surface area contributed by atoms with E-state index in [9.17, 15) is 0 Å². The predicted octanol–water partition coefficient (Wildman–Crippen LogP) is 5.61. The lowest BCUT2D eigenvalue weighted by molar-refractivity contribution is 0.261. The molecule has 0 bridgehead atoms. The summed E-state index contributed by atoms with van der Waals surface area (Å²) in [6.07, 6.45) is 24.9. The molecular formula is C22H35N. The van der Waals surface area contributed by atoms with Gasteiger partial charge in [0.15, 0.2) is 0 Å². The first-order valence-electron chi connectivity index (χ1n) is 10.5. The molecule has 3 fully saturated rings. The zero-order valence-corrected chi connectivity index (χ0v) is 14.8. The molecule has 0 saturated heterocycles. The normalized spacial score (nSPS) is 44.1. The average Bonchev–Trinajstić information content (AvgIpc) is 2.75. The van der Waals surface area contributed by atoms with Crippen molar-refractivity contribution in [1.29, 1.82) is 0 Å². The molecule has 128 valence electrons. The third kappa shape index (κ3) is 3.45. The Labute approximate surface area is 142 Å². The molecule has 0 heterocycles. The van der Waals surface area contributed by atoms with Gasteiger partial charge in [-0.1, -0.05) is 49.5 Å². The van der Waals surface area contributed by atoms with Gasteiger partial charge in [-0.05, 0) is 81.0 Å². The molecular weight excluding hydrogens is 278 g/mol. The van der Waals surface area contributed by atoms with Crippen molar-refractivity contribution in [2.24, 2.45) is 35.3 Å². The van der Waals surface area contributed by atoms with E-state index in [1.165, 1.54) is 77.0 Å². The standard InChI is InChI=1S/C22H35N/c23-19-13-9-16(10-14-19)15-22-20-7-3-1-5-17(20)11-12-18-6-2-4-8-21(18)22/h11-12,15-21H,1-10,13-14,23H2. The SMILES string of the molecule is NC1CCC(C=C2C3CCCCC3C=CC3CCCCC23)CC1. The lowest BCUT2D eigenvalue weighted by atomic mass is 9.67. The molecule has 0 spiro atoms. The molecule has 0 aromatic carbocycles. The van der Waals surface area contributed by atoms with Crippen LogP contribution in [-0.2, 0) is 0 Å². The molecule has 0 aromatic rings. The molecule has 4 rings (SSSR count). The van der Waals surface area contributed by atoms with Gasteiger partial charge in [0, 0.05) is 6.04 Å². The van der Waals surface area contributed by atoms with Gasteiger partial charge in [0.05, 0.1) is 0 Å². The van der Waals surface area contributed by atoms with Crippen molar-refractivity contribution in [3.63, 3.8) is 0 Å². The molecule has 0 radical (unpaired) electrons. The summed E-state index contributed by atoms with van der Waals surface area (Å²) in [5, 5.41) is 0. The van der Waals surface area contributed by atoms with Gasteiger partial charge < -0.3 is 5.73 Å². The van der Waals surface area contributed by atoms with E-state index in [1.54, 1.807) is 0 Å². The van der Waals surface area contributed by atoms with Crippen molar-refractivity contribution in [3.8, 4) is 0 Å². The molecule has 1 nitrogen and oxygen atoms in total. The van der Waals surface area contributed by atoms with Crippen LogP contribution in [0.2, 0.25) is 0 Å². The van der Waals surface area contributed by atoms with E-state index >= 15 is 0 Å². The fraction of sp³-hybridized carbons (Fsp3) is 0.818. The summed E-state index contributed by atoms with van der Waals surface area (Å²) in [4.78, 5) is 0. The monoisotopic (exact) mass is 313 g/mol. The minimum Gasteiger partial charge on any atom is -0.328 e. The first kappa shape index (κ1) is 15.9. The van der Waals surface area contributed by atoms with Crippen molar-refractivity contribution in [3.05, 3.63) is 23.8 Å². The number of hydrogen-bond acceptors (Lipinski definition) is 1. The van der Waals surface area contributed by atoms with Gasteiger partial charge >= 0.3 is 0 Å². The minimum atomic E-state index is 0.477. The maximum absolute atomic E-state index is 6.14. The number of allylic oxidation sites excluding steroid dienone is 4. The molecule has 2 N–H and O–H groups in total. The number of rotatable bonds is 1. The molecule has 23 heavy (non-hydrogen) atoms. The first-order valence-corrected chi connectivity index (χ1v) is 10.5. The van der Waals surface area contributed by atoms with Gasteiger partial charge in [-0.15, -0.1) is 0 Å². The fourth-order valence-corrected chi connectivity index (χ4v) is 6.00. The second-order valence-electron chi connectivity index (χ2n) is 8.84. The number of nitrogens with two attached hydrogens (primary N) is 1. The number of fused-ring (bicyclic) bond motifs is 2. The Balaban J connectivity index is 1.61. The largest absolute Gasteiger partial charge is 0.328 e. The first-order chi connectivity index (χ1) is 11.3. The van der Waals surface area contributed by atoms with E-state index in [4.69, 9.17) is 5.73 Å². The van der Waals surface area contributed by atoms with Crippen LogP contribution in [0.3, 0.4) is 0 Å². The van der Waals surface area contributed by atoms with Crippen molar-refractivity contribution >= 4 is 0 Å². The highest BCUT2D eigenvalue weighted by Gasteiger charge is 2.37. The number of hydrogen-bond donors (Lipinski definition) is 1. The van der Waals surface area contributed by atoms with E-state index in [0.29, 0.717) is 6.04 Å². The Morgan fingerprint density at radius 3 is 1.78 bits per heavy atom. The van der Waals surface area contributed by atoms with E-state index < -0.39 is 0 Å². The van der Waals surface area contributed by atoms with E-state index in [1.807, 2.05) is 5.57 Å². The van der Waals surface area contributed by atoms with Crippen LogP contribution < -0.4 is 5.73 Å². The summed E-state index contributed by atoms with van der Waals surface area (Å²) < 4.78 is 0. The van der Waals surface area contributed by atoms with Crippen LogP contribution >= 0.6 is 0 Å². The zero-order valence-electron chi connectivity index (χ0n) is 14.8. The summed E-state index contributed by atoms with van der Waals surface area (Å²) in [7, 11) is 0. The van der Waals surface area contributed by atoms with Gasteiger partial charge in [0.1, 0.15) is 0 Å². The lowest BCUT2D eigenvalue weighted by Crippen LogP contribution is -2.29. The van der Waals surface area contributed by atoms with Crippen LogP contribution in [-0.4, -0.2) is 6.04 Å². The highest BCUT2D eigenvalue weighted by Crippen LogP contribution is 2.48. The van der Waals surface area contributed by atoms with Crippen LogP contribution in [0.4, 0.5) is 0 Å². The Kier molecular flexibility index (Phi) is 4.94. The summed E-state index contributed by atoms with van der Waals surface area (Å²) in [5.74, 6) is 4.29. The maximum atomic E-state index is 6.14. The highest BCUT2D eigenvalue weighted by atomic mass is 14.6. The van der Waals surface area contributed by atoms with Crippen molar-refractivity contribution < 1.29 is 0 Å². The van der Waals surface area contributed by atoms with Gasteiger partial charge in [-0.3, -0.25) is 0 Å². The summed E-state index contributed by atoms with van der Waals surface area (Å²) in [6, 6.07) is 0.477. The van der Waals surface area contributed by atoms with Crippen molar-refractivity contribution in [2.45, 2.75) is 83.1 Å². The molecule has 0 amide bonds. The van der Waals surface area contributed by atoms with Crippen LogP contribution in [0.5, 0.6) is 0 Å². The van der Waals surface area contributed by atoms with Crippen molar-refractivity contribution in [1.82, 2.24) is 0 Å². The second-order valence-corrected chi connectivity index (χ2v) is 8.84. The maximum Gasteiger partial charge on any atom is 0.00392 e. The minimum absolute atomic E-state index is 0.477. The van der Waals surface area contributed by atoms with E-state index in [0.717, 1.165) is 29.6 Å². The zero-order chi connectivity index (χ0) is 15.6. The fourth-order valence-electron chi connectivity index (χ4n) is 6.00. The average molecular weight is 314 g/mol. The van der Waals surface area contributed by atoms with Gasteiger partial charge in [0.25, 0.3) is 0 Å². The third-order valence-corrected chi connectivity index (χ3v) is 7.35. The molecule has 4 aliphatic carbocycles.